The highest BCUT2D eigenvalue weighted by Crippen LogP contribution is 2.31. The molecule has 2 aromatic rings. The summed E-state index contributed by atoms with van der Waals surface area (Å²) < 4.78 is 1.71. The van der Waals surface area contributed by atoms with Gasteiger partial charge in [0.2, 0.25) is 0 Å². The van der Waals surface area contributed by atoms with Gasteiger partial charge < -0.3 is 15.0 Å². The summed E-state index contributed by atoms with van der Waals surface area (Å²) in [5, 5.41) is 19.6. The Hall–Kier alpha value is -1.86. The van der Waals surface area contributed by atoms with Crippen LogP contribution in [0.2, 0.25) is 5.02 Å². The summed E-state index contributed by atoms with van der Waals surface area (Å²) >= 11 is 5.86. The smallest absolute Gasteiger partial charge is 0.270 e. The Morgan fingerprint density at radius 2 is 2.30 bits per heavy atom. The van der Waals surface area contributed by atoms with E-state index in [1.807, 2.05) is 13.8 Å². The largest absolute Gasteiger partial charge is 0.382 e. The molecule has 23 heavy (non-hydrogen) atoms. The summed E-state index contributed by atoms with van der Waals surface area (Å²) in [5.41, 5.74) is -0.240. The van der Waals surface area contributed by atoms with Crippen molar-refractivity contribution < 1.29 is 9.90 Å². The number of hydrogen-bond acceptors (Lipinski definition) is 4. The summed E-state index contributed by atoms with van der Waals surface area (Å²) in [6.45, 7) is 4.78. The Labute approximate surface area is 139 Å². The van der Waals surface area contributed by atoms with Crippen LogP contribution in [0, 0.1) is 0 Å². The van der Waals surface area contributed by atoms with Gasteiger partial charge in [-0.2, -0.15) is 0 Å². The van der Waals surface area contributed by atoms with E-state index in [1.54, 1.807) is 28.0 Å². The molecule has 0 saturated carbocycles. The number of H-pyrrole nitrogens is 1. The van der Waals surface area contributed by atoms with E-state index in [4.69, 9.17) is 11.6 Å². The second-order valence-corrected chi connectivity index (χ2v) is 6.71. The molecule has 0 spiro atoms. The van der Waals surface area contributed by atoms with Crippen LogP contribution >= 0.6 is 11.6 Å². The molecule has 1 amide bonds. The molecule has 7 nitrogen and oxygen atoms in total. The molecule has 0 bridgehead atoms. The second-order valence-electron chi connectivity index (χ2n) is 6.27. The lowest BCUT2D eigenvalue weighted by Crippen LogP contribution is -2.48. The van der Waals surface area contributed by atoms with Crippen molar-refractivity contribution in [3.63, 3.8) is 0 Å². The van der Waals surface area contributed by atoms with E-state index in [0.29, 0.717) is 35.8 Å². The Morgan fingerprint density at radius 3 is 2.91 bits per heavy atom. The molecule has 1 aliphatic heterocycles. The quantitative estimate of drug-likeness (QED) is 0.896. The third-order valence-corrected chi connectivity index (χ3v) is 4.37. The van der Waals surface area contributed by atoms with Crippen molar-refractivity contribution in [3.8, 4) is 0 Å². The second kappa shape index (κ2) is 5.98. The summed E-state index contributed by atoms with van der Waals surface area (Å²) in [4.78, 5) is 17.0. The van der Waals surface area contributed by atoms with Crippen molar-refractivity contribution in [2.24, 2.45) is 0 Å². The predicted octanol–water partition coefficient (Wildman–Crippen LogP) is 1.96. The number of likely N-dealkylation sites (tertiary alicyclic amines) is 1. The first-order chi connectivity index (χ1) is 10.9. The van der Waals surface area contributed by atoms with E-state index in [9.17, 15) is 9.90 Å². The van der Waals surface area contributed by atoms with Crippen LogP contribution in [0.15, 0.2) is 18.5 Å². The van der Waals surface area contributed by atoms with E-state index in [1.165, 1.54) is 0 Å². The van der Waals surface area contributed by atoms with Gasteiger partial charge in [0.15, 0.2) is 0 Å². The molecule has 0 unspecified atom stereocenters. The normalized spacial score (nSPS) is 21.9. The molecule has 1 aliphatic rings. The monoisotopic (exact) mass is 337 g/mol. The van der Waals surface area contributed by atoms with Crippen molar-refractivity contribution in [2.45, 2.75) is 38.3 Å². The van der Waals surface area contributed by atoms with Gasteiger partial charge in [-0.05, 0) is 32.8 Å². The lowest BCUT2D eigenvalue weighted by molar-refractivity contribution is -0.0322. The number of carbonyl (C=O) groups excluding carboxylic acids is 1. The number of nitrogens with one attached hydrogen (secondary N) is 1. The average molecular weight is 338 g/mol. The van der Waals surface area contributed by atoms with E-state index < -0.39 is 5.60 Å². The van der Waals surface area contributed by atoms with Crippen molar-refractivity contribution >= 4 is 17.5 Å². The SMILES string of the molecule is CC(C)n1cc([C@]2(O)CCCN(C(=O)c3cc(Cl)c[nH]3)C2)nn1. The minimum Gasteiger partial charge on any atom is -0.382 e. The van der Waals surface area contributed by atoms with Crippen molar-refractivity contribution in [2.75, 3.05) is 13.1 Å². The highest BCUT2D eigenvalue weighted by atomic mass is 35.5. The summed E-state index contributed by atoms with van der Waals surface area (Å²) in [5.74, 6) is -0.175. The maximum absolute atomic E-state index is 12.5. The minimum atomic E-state index is -1.17. The molecule has 3 heterocycles. The predicted molar refractivity (Wildman–Crippen MR) is 85.2 cm³/mol. The topological polar surface area (TPSA) is 87.0 Å². The van der Waals surface area contributed by atoms with Crippen LogP contribution in [0.3, 0.4) is 0 Å². The minimum absolute atomic E-state index is 0.169. The zero-order valence-corrected chi connectivity index (χ0v) is 13.9. The zero-order chi connectivity index (χ0) is 16.6. The molecule has 2 aromatic heterocycles. The molecular formula is C15H20ClN5O2. The molecule has 0 aliphatic carbocycles. The van der Waals surface area contributed by atoms with Crippen LogP contribution in [-0.2, 0) is 5.60 Å². The number of halogens is 1. The van der Waals surface area contributed by atoms with Gasteiger partial charge in [-0.25, -0.2) is 4.68 Å². The van der Waals surface area contributed by atoms with E-state index >= 15 is 0 Å². The number of piperidine rings is 1. The van der Waals surface area contributed by atoms with Gasteiger partial charge >= 0.3 is 0 Å². The van der Waals surface area contributed by atoms with E-state index in [0.717, 1.165) is 0 Å². The number of β-amino-alcohol motifs (C(OH)–C–C–N with tert-alkyl or cyclic N) is 1. The van der Waals surface area contributed by atoms with Gasteiger partial charge in [-0.15, -0.1) is 5.10 Å². The molecule has 0 radical (unpaired) electrons. The Kier molecular flexibility index (Phi) is 4.16. The molecule has 3 rings (SSSR count). The van der Waals surface area contributed by atoms with Crippen LogP contribution in [-0.4, -0.2) is 49.0 Å². The van der Waals surface area contributed by atoms with Gasteiger partial charge in [-0.3, -0.25) is 4.79 Å². The number of aromatic amines is 1. The van der Waals surface area contributed by atoms with Gasteiger partial charge in [0.05, 0.1) is 17.8 Å². The lowest BCUT2D eigenvalue weighted by Gasteiger charge is -2.37. The Morgan fingerprint density at radius 1 is 1.52 bits per heavy atom. The van der Waals surface area contributed by atoms with E-state index in [2.05, 4.69) is 15.3 Å². The van der Waals surface area contributed by atoms with Crippen LogP contribution in [0.1, 0.15) is 48.9 Å². The fourth-order valence-corrected chi connectivity index (χ4v) is 2.99. The average Bonchev–Trinajstić information content (AvgIpc) is 3.15. The first-order valence-corrected chi connectivity index (χ1v) is 8.05. The molecule has 1 saturated heterocycles. The lowest BCUT2D eigenvalue weighted by atomic mass is 9.90. The van der Waals surface area contributed by atoms with E-state index in [-0.39, 0.29) is 18.5 Å². The van der Waals surface area contributed by atoms with Crippen molar-refractivity contribution in [1.82, 2.24) is 24.9 Å². The van der Waals surface area contributed by atoms with Crippen molar-refractivity contribution in [1.29, 1.82) is 0 Å². The summed E-state index contributed by atoms with van der Waals surface area (Å²) in [7, 11) is 0. The fraction of sp³-hybridized carbons (Fsp3) is 0.533. The maximum atomic E-state index is 12.5. The van der Waals surface area contributed by atoms with Gasteiger partial charge in [0.25, 0.3) is 5.91 Å². The van der Waals surface area contributed by atoms with Gasteiger partial charge in [0, 0.05) is 18.8 Å². The molecule has 2 N–H and O–H groups in total. The van der Waals surface area contributed by atoms with Crippen LogP contribution in [0.4, 0.5) is 0 Å². The van der Waals surface area contributed by atoms with Crippen molar-refractivity contribution in [3.05, 3.63) is 34.9 Å². The maximum Gasteiger partial charge on any atom is 0.270 e. The van der Waals surface area contributed by atoms with Crippen LogP contribution < -0.4 is 0 Å². The first kappa shape index (κ1) is 16.0. The summed E-state index contributed by atoms with van der Waals surface area (Å²) in [6.07, 6.45) is 4.58. The Balaban J connectivity index is 1.80. The molecule has 8 heteroatoms. The molecule has 124 valence electrons. The van der Waals surface area contributed by atoms with Gasteiger partial charge in [0.1, 0.15) is 17.0 Å². The number of nitrogens with zero attached hydrogens (tertiary/aromatic N) is 4. The first-order valence-electron chi connectivity index (χ1n) is 7.67. The molecule has 1 atom stereocenters. The third kappa shape index (κ3) is 3.11. The molecule has 0 aromatic carbocycles. The number of hydrogen-bond donors (Lipinski definition) is 2. The standard InChI is InChI=1S/C15H20ClN5O2/c1-10(2)21-8-13(18-19-21)15(23)4-3-5-20(9-15)14(22)12-6-11(16)7-17-12/h6-8,10,17,23H,3-5,9H2,1-2H3/t15-/m0/s1. The summed E-state index contributed by atoms with van der Waals surface area (Å²) in [6, 6.07) is 1.76. The number of carbonyl (C=O) groups is 1. The zero-order valence-electron chi connectivity index (χ0n) is 13.2. The molecular weight excluding hydrogens is 318 g/mol. The van der Waals surface area contributed by atoms with Crippen LogP contribution in [0.5, 0.6) is 0 Å². The third-order valence-electron chi connectivity index (χ3n) is 4.15. The number of rotatable bonds is 3. The number of amides is 1. The Bertz CT molecular complexity index is 710. The van der Waals surface area contributed by atoms with Crippen LogP contribution in [0.25, 0.3) is 0 Å². The molecule has 1 fully saturated rings. The number of aliphatic hydroxyl groups is 1. The highest BCUT2D eigenvalue weighted by Gasteiger charge is 2.39. The van der Waals surface area contributed by atoms with Gasteiger partial charge in [-0.1, -0.05) is 16.8 Å². The fourth-order valence-electron chi connectivity index (χ4n) is 2.82. The number of aromatic nitrogens is 4. The highest BCUT2D eigenvalue weighted by molar-refractivity contribution is 6.30.